The number of halogens is 1. The van der Waals surface area contributed by atoms with Crippen LogP contribution in [-0.4, -0.2) is 44.0 Å². The summed E-state index contributed by atoms with van der Waals surface area (Å²) in [5, 5.41) is 9.35. The number of carbonyl (C=O) groups is 1. The lowest BCUT2D eigenvalue weighted by Crippen LogP contribution is -2.29. The number of sulfonamides is 1. The number of aromatic carboxylic acids is 1. The van der Waals surface area contributed by atoms with E-state index in [2.05, 4.69) is 15.9 Å². The van der Waals surface area contributed by atoms with Gasteiger partial charge in [-0.3, -0.25) is 0 Å². The summed E-state index contributed by atoms with van der Waals surface area (Å²) in [5.41, 5.74) is 0.115. The molecule has 21 heavy (non-hydrogen) atoms. The molecule has 0 spiro atoms. The molecule has 1 aliphatic rings. The van der Waals surface area contributed by atoms with E-state index < -0.39 is 16.0 Å². The highest BCUT2D eigenvalue weighted by molar-refractivity contribution is 9.10. The normalized spacial score (nSPS) is 16.1. The fraction of sp³-hybridized carbons (Fsp3) is 0.462. The van der Waals surface area contributed by atoms with Gasteiger partial charge in [0.25, 0.3) is 0 Å². The monoisotopic (exact) mass is 377 g/mol. The maximum Gasteiger partial charge on any atom is 0.339 e. The van der Waals surface area contributed by atoms with E-state index in [4.69, 9.17) is 4.74 Å². The average molecular weight is 378 g/mol. The summed E-state index contributed by atoms with van der Waals surface area (Å²) in [6, 6.07) is 3.10. The third kappa shape index (κ3) is 3.38. The predicted octanol–water partition coefficient (Wildman–Crippen LogP) is 2.08. The number of carboxylic acids is 1. The molecule has 0 aromatic heterocycles. The van der Waals surface area contributed by atoms with Crippen LogP contribution < -0.4 is 4.74 Å². The van der Waals surface area contributed by atoms with E-state index in [0.717, 1.165) is 12.8 Å². The minimum Gasteiger partial charge on any atom is -0.495 e. The summed E-state index contributed by atoms with van der Waals surface area (Å²) >= 11 is 3.21. The Bertz CT molecular complexity index is 653. The summed E-state index contributed by atoms with van der Waals surface area (Å²) in [7, 11) is -2.16. The van der Waals surface area contributed by atoms with Gasteiger partial charge in [0.05, 0.1) is 17.3 Å². The van der Waals surface area contributed by atoms with Crippen molar-refractivity contribution in [1.29, 1.82) is 0 Å². The van der Waals surface area contributed by atoms with Crippen LogP contribution in [0.1, 0.15) is 28.8 Å². The Hall–Kier alpha value is -1.12. The zero-order valence-electron chi connectivity index (χ0n) is 11.5. The molecule has 0 atom stereocenters. The van der Waals surface area contributed by atoms with Crippen molar-refractivity contribution in [3.63, 3.8) is 0 Å². The largest absolute Gasteiger partial charge is 0.495 e. The van der Waals surface area contributed by atoms with Crippen LogP contribution >= 0.6 is 15.9 Å². The van der Waals surface area contributed by atoms with Gasteiger partial charge in [0.1, 0.15) is 11.3 Å². The third-order valence-electron chi connectivity index (χ3n) is 3.41. The lowest BCUT2D eigenvalue weighted by Gasteiger charge is -2.17. The Labute approximate surface area is 131 Å². The van der Waals surface area contributed by atoms with Gasteiger partial charge in [-0.05, 0) is 40.4 Å². The first-order valence-electron chi connectivity index (χ1n) is 6.43. The van der Waals surface area contributed by atoms with Gasteiger partial charge in [-0.1, -0.05) is 6.07 Å². The first-order chi connectivity index (χ1) is 9.86. The van der Waals surface area contributed by atoms with Gasteiger partial charge in [0.15, 0.2) is 0 Å². The van der Waals surface area contributed by atoms with E-state index in [9.17, 15) is 18.3 Å². The molecular formula is C13H16BrNO5S. The van der Waals surface area contributed by atoms with Gasteiger partial charge in [-0.25, -0.2) is 17.5 Å². The number of nitrogens with zero attached hydrogens (tertiary/aromatic N) is 1. The molecule has 0 radical (unpaired) electrons. The van der Waals surface area contributed by atoms with Crippen LogP contribution in [0.15, 0.2) is 16.6 Å². The number of hydrogen-bond acceptors (Lipinski definition) is 4. The molecule has 0 aliphatic carbocycles. The topological polar surface area (TPSA) is 83.9 Å². The Morgan fingerprint density at radius 2 is 2.00 bits per heavy atom. The lowest BCUT2D eigenvalue weighted by molar-refractivity contribution is 0.0692. The first-order valence-corrected chi connectivity index (χ1v) is 8.83. The molecule has 1 aromatic rings. The van der Waals surface area contributed by atoms with E-state index in [1.165, 1.54) is 17.5 Å². The molecule has 0 saturated carbocycles. The quantitative estimate of drug-likeness (QED) is 0.848. The molecule has 0 amide bonds. The molecule has 116 valence electrons. The Balaban J connectivity index is 2.42. The van der Waals surface area contributed by atoms with Crippen LogP contribution in [0.4, 0.5) is 0 Å². The van der Waals surface area contributed by atoms with Crippen molar-refractivity contribution < 1.29 is 23.1 Å². The zero-order chi connectivity index (χ0) is 15.6. The third-order valence-corrected chi connectivity index (χ3v) is 5.86. The Morgan fingerprint density at radius 1 is 1.38 bits per heavy atom. The van der Waals surface area contributed by atoms with Crippen molar-refractivity contribution in [2.24, 2.45) is 0 Å². The second-order valence-electron chi connectivity index (χ2n) is 4.78. The molecule has 0 unspecified atom stereocenters. The zero-order valence-corrected chi connectivity index (χ0v) is 13.9. The molecule has 1 aliphatic heterocycles. The van der Waals surface area contributed by atoms with E-state index in [1.807, 2.05) is 0 Å². The molecule has 2 rings (SSSR count). The highest BCUT2D eigenvalue weighted by atomic mass is 79.9. The summed E-state index contributed by atoms with van der Waals surface area (Å²) in [6.07, 6.45) is 1.68. The summed E-state index contributed by atoms with van der Waals surface area (Å²) in [4.78, 5) is 11.5. The fourth-order valence-electron chi connectivity index (χ4n) is 2.41. The van der Waals surface area contributed by atoms with Crippen LogP contribution in [-0.2, 0) is 15.8 Å². The van der Waals surface area contributed by atoms with Gasteiger partial charge in [0.2, 0.25) is 10.0 Å². The van der Waals surface area contributed by atoms with Crippen molar-refractivity contribution in [2.75, 3.05) is 20.2 Å². The highest BCUT2D eigenvalue weighted by Crippen LogP contribution is 2.33. The van der Waals surface area contributed by atoms with Crippen LogP contribution in [0.5, 0.6) is 5.75 Å². The molecule has 1 heterocycles. The summed E-state index contributed by atoms with van der Waals surface area (Å²) < 4.78 is 31.7. The summed E-state index contributed by atoms with van der Waals surface area (Å²) in [5.74, 6) is -1.41. The van der Waals surface area contributed by atoms with E-state index in [0.29, 0.717) is 17.6 Å². The maximum atomic E-state index is 12.3. The molecule has 1 saturated heterocycles. The fourth-order valence-corrected chi connectivity index (χ4v) is 4.53. The van der Waals surface area contributed by atoms with E-state index in [-0.39, 0.29) is 22.6 Å². The molecule has 1 aromatic carbocycles. The van der Waals surface area contributed by atoms with Crippen LogP contribution in [0.3, 0.4) is 0 Å². The number of ether oxygens (including phenoxy) is 1. The van der Waals surface area contributed by atoms with Gasteiger partial charge in [0, 0.05) is 13.1 Å². The Morgan fingerprint density at radius 3 is 2.52 bits per heavy atom. The van der Waals surface area contributed by atoms with Gasteiger partial charge < -0.3 is 9.84 Å². The highest BCUT2D eigenvalue weighted by Gasteiger charge is 2.29. The minimum absolute atomic E-state index is 0.116. The molecule has 8 heteroatoms. The predicted molar refractivity (Wildman–Crippen MR) is 81.1 cm³/mol. The molecule has 1 N–H and O–H groups in total. The number of methoxy groups -OCH3 is 1. The number of rotatable bonds is 5. The first kappa shape index (κ1) is 16.3. The van der Waals surface area contributed by atoms with Crippen LogP contribution in [0.2, 0.25) is 0 Å². The number of hydrogen-bond donors (Lipinski definition) is 1. The van der Waals surface area contributed by atoms with Gasteiger partial charge in [-0.2, -0.15) is 0 Å². The second-order valence-corrected chi connectivity index (χ2v) is 7.61. The number of carboxylic acid groups (broad SMARTS) is 1. The van der Waals surface area contributed by atoms with E-state index in [1.54, 1.807) is 6.07 Å². The van der Waals surface area contributed by atoms with Gasteiger partial charge in [-0.15, -0.1) is 0 Å². The van der Waals surface area contributed by atoms with Crippen molar-refractivity contribution in [1.82, 2.24) is 4.31 Å². The minimum atomic E-state index is -3.51. The average Bonchev–Trinajstić information content (AvgIpc) is 2.94. The van der Waals surface area contributed by atoms with Crippen molar-refractivity contribution in [3.05, 3.63) is 27.7 Å². The standard InChI is InChI=1S/C13H16BrNO5S/c1-20-12-10(14)5-4-9(11(12)13(16)17)8-21(18,19)15-6-2-3-7-15/h4-5H,2-3,6-8H2,1H3,(H,16,17). The molecule has 6 nitrogen and oxygen atoms in total. The maximum absolute atomic E-state index is 12.3. The lowest BCUT2D eigenvalue weighted by atomic mass is 10.1. The van der Waals surface area contributed by atoms with Crippen molar-refractivity contribution in [3.8, 4) is 5.75 Å². The smallest absolute Gasteiger partial charge is 0.339 e. The second kappa shape index (κ2) is 6.33. The summed E-state index contributed by atoms with van der Waals surface area (Å²) in [6.45, 7) is 0.997. The molecule has 0 bridgehead atoms. The Kier molecular flexibility index (Phi) is 4.90. The SMILES string of the molecule is COc1c(Br)ccc(CS(=O)(=O)N2CCCC2)c1C(=O)O. The van der Waals surface area contributed by atoms with Gasteiger partial charge >= 0.3 is 5.97 Å². The van der Waals surface area contributed by atoms with E-state index >= 15 is 0 Å². The van der Waals surface area contributed by atoms with Crippen LogP contribution in [0, 0.1) is 0 Å². The number of benzene rings is 1. The van der Waals surface area contributed by atoms with Crippen molar-refractivity contribution in [2.45, 2.75) is 18.6 Å². The van der Waals surface area contributed by atoms with Crippen molar-refractivity contribution >= 4 is 31.9 Å². The molecule has 1 fully saturated rings. The van der Waals surface area contributed by atoms with Crippen LogP contribution in [0.25, 0.3) is 0 Å². The molecular weight excluding hydrogens is 362 g/mol.